The van der Waals surface area contributed by atoms with Crippen LogP contribution in [-0.4, -0.2) is 47.0 Å². The van der Waals surface area contributed by atoms with Crippen LogP contribution in [-0.2, 0) is 4.74 Å². The molecule has 7 nitrogen and oxygen atoms in total. The van der Waals surface area contributed by atoms with E-state index in [1.54, 1.807) is 0 Å². The van der Waals surface area contributed by atoms with Crippen LogP contribution in [0.25, 0.3) is 0 Å². The Kier molecular flexibility index (Phi) is 3.16. The number of aromatic nitrogens is 2. The van der Waals surface area contributed by atoms with E-state index < -0.39 is 5.97 Å². The number of aromatic carboxylic acids is 1. The van der Waals surface area contributed by atoms with E-state index >= 15 is 0 Å². The molecule has 88 valence electrons. The molecule has 1 fully saturated rings. The number of hydrogen-bond acceptors (Lipinski definition) is 6. The lowest BCUT2D eigenvalue weighted by Crippen LogP contribution is -2.34. The molecule has 1 aromatic heterocycles. The quantitative estimate of drug-likeness (QED) is 0.738. The summed E-state index contributed by atoms with van der Waals surface area (Å²) in [5.74, 6) is -1.24. The van der Waals surface area contributed by atoms with Gasteiger partial charge in [0.25, 0.3) is 5.82 Å². The first-order valence-electron chi connectivity index (χ1n) is 5.10. The summed E-state index contributed by atoms with van der Waals surface area (Å²) >= 11 is 0. The van der Waals surface area contributed by atoms with Gasteiger partial charge in [0.2, 0.25) is 5.89 Å². The largest absolute Gasteiger partial charge is 0.475 e. The normalized spacial score (nSPS) is 24.8. The molecule has 2 N–H and O–H groups in total. The van der Waals surface area contributed by atoms with Gasteiger partial charge in [-0.3, -0.25) is 0 Å². The smallest absolute Gasteiger partial charge is 0.377 e. The number of hydrogen-bond donors (Lipinski definition) is 2. The van der Waals surface area contributed by atoms with Gasteiger partial charge in [-0.1, -0.05) is 6.92 Å². The van der Waals surface area contributed by atoms with Gasteiger partial charge >= 0.3 is 5.97 Å². The first-order chi connectivity index (χ1) is 7.72. The number of nitrogens with zero attached hydrogens (tertiary/aromatic N) is 2. The maximum Gasteiger partial charge on any atom is 0.377 e. The van der Waals surface area contributed by atoms with Gasteiger partial charge in [0.1, 0.15) is 0 Å². The van der Waals surface area contributed by atoms with Crippen LogP contribution in [0.2, 0.25) is 0 Å². The van der Waals surface area contributed by atoms with Crippen molar-refractivity contribution in [3.63, 3.8) is 0 Å². The molecule has 1 saturated heterocycles. The Labute approximate surface area is 91.8 Å². The monoisotopic (exact) mass is 227 g/mol. The van der Waals surface area contributed by atoms with E-state index in [1.165, 1.54) is 0 Å². The molecule has 2 heterocycles. The van der Waals surface area contributed by atoms with Gasteiger partial charge in [-0.15, -0.1) is 0 Å². The number of rotatable bonds is 4. The fourth-order valence-electron chi connectivity index (χ4n) is 1.73. The lowest BCUT2D eigenvalue weighted by Gasteiger charge is -2.13. The highest BCUT2D eigenvalue weighted by Gasteiger charge is 2.33. The molecule has 0 amide bonds. The molecule has 0 saturated carbocycles. The minimum absolute atomic E-state index is 0.0689. The highest BCUT2D eigenvalue weighted by atomic mass is 16.5. The number of carboxylic acid groups (broad SMARTS) is 1. The summed E-state index contributed by atoms with van der Waals surface area (Å²) in [4.78, 5) is 14.4. The summed E-state index contributed by atoms with van der Waals surface area (Å²) in [6.07, 6.45) is 0. The topological polar surface area (TPSA) is 97.5 Å². The molecule has 2 atom stereocenters. The highest BCUT2D eigenvalue weighted by molar-refractivity contribution is 5.82. The Balaban J connectivity index is 2.13. The van der Waals surface area contributed by atoms with Crippen LogP contribution in [0.15, 0.2) is 4.52 Å². The van der Waals surface area contributed by atoms with E-state index in [4.69, 9.17) is 14.4 Å². The van der Waals surface area contributed by atoms with Gasteiger partial charge in [-0.2, -0.15) is 4.98 Å². The van der Waals surface area contributed by atoms with Gasteiger partial charge in [0, 0.05) is 6.04 Å². The minimum atomic E-state index is -1.19. The predicted molar refractivity (Wildman–Crippen MR) is 52.3 cm³/mol. The molecule has 0 aliphatic carbocycles. The zero-order valence-electron chi connectivity index (χ0n) is 8.84. The molecule has 1 aromatic rings. The molecule has 7 heteroatoms. The summed E-state index contributed by atoms with van der Waals surface area (Å²) in [5, 5.41) is 15.3. The molecule has 0 aromatic carbocycles. The number of carbonyl (C=O) groups is 1. The molecule has 1 aliphatic heterocycles. The van der Waals surface area contributed by atoms with Crippen molar-refractivity contribution in [2.24, 2.45) is 0 Å². The molecule has 0 spiro atoms. The molecule has 2 rings (SSSR count). The molecule has 1 aliphatic rings. The average molecular weight is 227 g/mol. The van der Waals surface area contributed by atoms with Gasteiger partial charge < -0.3 is 19.7 Å². The van der Waals surface area contributed by atoms with Crippen molar-refractivity contribution in [2.45, 2.75) is 18.9 Å². The zero-order valence-corrected chi connectivity index (χ0v) is 8.84. The van der Waals surface area contributed by atoms with Crippen molar-refractivity contribution < 1.29 is 19.2 Å². The van der Waals surface area contributed by atoms with Gasteiger partial charge in [-0.05, 0) is 11.7 Å². The number of likely N-dealkylation sites (N-methyl/N-ethyl adjacent to an activating group) is 1. The molecule has 0 bridgehead atoms. The Bertz CT molecular complexity index is 379. The van der Waals surface area contributed by atoms with E-state index in [-0.39, 0.29) is 17.8 Å². The second-order valence-corrected chi connectivity index (χ2v) is 3.57. The van der Waals surface area contributed by atoms with Crippen LogP contribution >= 0.6 is 0 Å². The third kappa shape index (κ3) is 2.05. The van der Waals surface area contributed by atoms with Crippen molar-refractivity contribution in [1.29, 1.82) is 0 Å². The maximum atomic E-state index is 10.6. The summed E-state index contributed by atoms with van der Waals surface area (Å²) < 4.78 is 10.2. The van der Waals surface area contributed by atoms with E-state index in [0.717, 1.165) is 6.54 Å². The Morgan fingerprint density at radius 1 is 1.62 bits per heavy atom. The van der Waals surface area contributed by atoms with E-state index in [2.05, 4.69) is 15.5 Å². The molecule has 0 radical (unpaired) electrons. The number of ether oxygens (including phenoxy) is 1. The van der Waals surface area contributed by atoms with Gasteiger partial charge in [0.05, 0.1) is 19.1 Å². The van der Waals surface area contributed by atoms with Crippen molar-refractivity contribution >= 4 is 5.97 Å². The van der Waals surface area contributed by atoms with Crippen LogP contribution in [0.4, 0.5) is 0 Å². The SMILES string of the molecule is CCNC1COCC1c1nc(C(=O)O)no1. The predicted octanol–water partition coefficient (Wildman–Crippen LogP) is -0.140. The van der Waals surface area contributed by atoms with Crippen LogP contribution in [0.5, 0.6) is 0 Å². The Morgan fingerprint density at radius 2 is 2.44 bits per heavy atom. The average Bonchev–Trinajstić information content (AvgIpc) is 2.84. The number of nitrogens with one attached hydrogen (secondary N) is 1. The first-order valence-corrected chi connectivity index (χ1v) is 5.10. The molecule has 2 unspecified atom stereocenters. The van der Waals surface area contributed by atoms with Crippen LogP contribution in [0.3, 0.4) is 0 Å². The van der Waals surface area contributed by atoms with E-state index in [1.807, 2.05) is 6.92 Å². The van der Waals surface area contributed by atoms with E-state index in [0.29, 0.717) is 19.1 Å². The Hall–Kier alpha value is -1.47. The minimum Gasteiger partial charge on any atom is -0.475 e. The standard InChI is InChI=1S/C9H13N3O4/c1-2-10-6-4-15-3-5(6)8-11-7(9(13)14)12-16-8/h5-6,10H,2-4H2,1H3,(H,13,14). The second-order valence-electron chi connectivity index (χ2n) is 3.57. The van der Waals surface area contributed by atoms with Crippen molar-refractivity contribution in [1.82, 2.24) is 15.5 Å². The summed E-state index contributed by atoms with van der Waals surface area (Å²) in [6, 6.07) is 0.104. The third-order valence-electron chi connectivity index (χ3n) is 2.50. The second kappa shape index (κ2) is 4.58. The molecular weight excluding hydrogens is 214 g/mol. The van der Waals surface area contributed by atoms with Crippen LogP contribution < -0.4 is 5.32 Å². The first kappa shape index (κ1) is 11.0. The van der Waals surface area contributed by atoms with Crippen LogP contribution in [0, 0.1) is 0 Å². The lowest BCUT2D eigenvalue weighted by atomic mass is 10.0. The third-order valence-corrected chi connectivity index (χ3v) is 2.50. The van der Waals surface area contributed by atoms with E-state index in [9.17, 15) is 4.79 Å². The summed E-state index contributed by atoms with van der Waals surface area (Å²) in [7, 11) is 0. The molecular formula is C9H13N3O4. The van der Waals surface area contributed by atoms with Crippen molar-refractivity contribution in [2.75, 3.05) is 19.8 Å². The maximum absolute atomic E-state index is 10.6. The zero-order chi connectivity index (χ0) is 11.5. The fourth-order valence-corrected chi connectivity index (χ4v) is 1.73. The van der Waals surface area contributed by atoms with Gasteiger partial charge in [0.15, 0.2) is 0 Å². The Morgan fingerprint density at radius 3 is 3.06 bits per heavy atom. The van der Waals surface area contributed by atoms with Crippen LogP contribution in [0.1, 0.15) is 29.4 Å². The summed E-state index contributed by atoms with van der Waals surface area (Å²) in [5.41, 5.74) is 0. The van der Waals surface area contributed by atoms with Crippen molar-refractivity contribution in [3.8, 4) is 0 Å². The lowest BCUT2D eigenvalue weighted by molar-refractivity contribution is 0.0680. The highest BCUT2D eigenvalue weighted by Crippen LogP contribution is 2.24. The summed E-state index contributed by atoms with van der Waals surface area (Å²) in [6.45, 7) is 3.85. The van der Waals surface area contributed by atoms with Gasteiger partial charge in [-0.25, -0.2) is 4.79 Å². The van der Waals surface area contributed by atoms with Crippen molar-refractivity contribution in [3.05, 3.63) is 11.7 Å². The molecule has 16 heavy (non-hydrogen) atoms. The number of carboxylic acids is 1. The fraction of sp³-hybridized carbons (Fsp3) is 0.667.